The third-order valence-corrected chi connectivity index (χ3v) is 13.9. The number of pyridine rings is 1. The number of aromatic nitrogens is 1. The van der Waals surface area contributed by atoms with Crippen LogP contribution in [0, 0.1) is 23.2 Å². The van der Waals surface area contributed by atoms with E-state index in [4.69, 9.17) is 14.2 Å². The second kappa shape index (κ2) is 14.3. The molecule has 0 radical (unpaired) electrons. The molecule has 57 heavy (non-hydrogen) atoms. The summed E-state index contributed by atoms with van der Waals surface area (Å²) in [6.45, 7) is 5.96. The molecule has 2 aromatic rings. The third-order valence-electron chi connectivity index (χ3n) is 12.1. The second-order valence-electron chi connectivity index (χ2n) is 17.0. The first kappa shape index (κ1) is 39.1. The Balaban J connectivity index is 1.11. The van der Waals surface area contributed by atoms with Crippen molar-refractivity contribution >= 4 is 44.6 Å². The van der Waals surface area contributed by atoms with Gasteiger partial charge in [0.1, 0.15) is 23.7 Å². The van der Waals surface area contributed by atoms with Crippen LogP contribution >= 0.6 is 0 Å². The van der Waals surface area contributed by atoms with Crippen molar-refractivity contribution in [2.75, 3.05) is 13.2 Å². The number of halogens is 2. The Bertz CT molecular complexity index is 2130. The molecule has 0 bridgehead atoms. The molecule has 3 aliphatic carbocycles. The Hall–Kier alpha value is -4.74. The van der Waals surface area contributed by atoms with Gasteiger partial charge in [-0.3, -0.25) is 19.1 Å². The predicted octanol–water partition coefficient (Wildman–Crippen LogP) is 4.30. The van der Waals surface area contributed by atoms with E-state index in [9.17, 15) is 36.4 Å². The van der Waals surface area contributed by atoms with Gasteiger partial charge in [0.2, 0.25) is 27.7 Å². The standard InChI is InChI=1S/C39H47F2N5O10S/c1-21-6-4-5-7-23-18-38(23,35(49)45-57(51,52)25-8-9-25)44-32(47)28-17-24(54-33-27-10-11-29-31(26(27)12-15-42-33)56-39(40,41)55-29)19-46(28)34(48)30(22(2)16-21)43-36(50)53-20-37(3)13-14-37/h5,7,10-12,15,21-25,28,30H,4,6,8-9,13-14,16-20H2,1-3H3,(H,43,50)(H,44,47)(H,45,49)/b7-5-/t21-,22+,23+,24+,28-,30?,38+/m0/s1. The van der Waals surface area contributed by atoms with Crippen LogP contribution in [0.25, 0.3) is 10.8 Å². The highest BCUT2D eigenvalue weighted by Crippen LogP contribution is 2.48. The molecule has 18 heteroatoms. The first-order valence-corrected chi connectivity index (χ1v) is 21.1. The van der Waals surface area contributed by atoms with Gasteiger partial charge in [-0.25, -0.2) is 18.2 Å². The Morgan fingerprint density at radius 2 is 1.84 bits per heavy atom. The highest BCUT2D eigenvalue weighted by atomic mass is 32.2. The van der Waals surface area contributed by atoms with Crippen LogP contribution in [0.15, 0.2) is 36.5 Å². The first-order chi connectivity index (χ1) is 27.0. The molecule has 0 spiro atoms. The molecule has 1 saturated heterocycles. The molecule has 3 saturated carbocycles. The van der Waals surface area contributed by atoms with E-state index in [1.54, 1.807) is 0 Å². The van der Waals surface area contributed by atoms with Gasteiger partial charge < -0.3 is 34.5 Å². The number of alkyl carbamates (subject to hydrolysis) is 1. The number of rotatable bonds is 8. The maximum atomic E-state index is 14.8. The Morgan fingerprint density at radius 1 is 1.07 bits per heavy atom. The van der Waals surface area contributed by atoms with Crippen molar-refractivity contribution in [1.29, 1.82) is 0 Å². The van der Waals surface area contributed by atoms with Gasteiger partial charge in [0.25, 0.3) is 5.91 Å². The van der Waals surface area contributed by atoms with Crippen LogP contribution in [0.3, 0.4) is 0 Å². The van der Waals surface area contributed by atoms with Gasteiger partial charge in [0.05, 0.1) is 18.4 Å². The minimum Gasteiger partial charge on any atom is -0.472 e. The van der Waals surface area contributed by atoms with Crippen LogP contribution in [-0.4, -0.2) is 90.5 Å². The fourth-order valence-corrected chi connectivity index (χ4v) is 9.51. The first-order valence-electron chi connectivity index (χ1n) is 19.6. The largest absolute Gasteiger partial charge is 0.586 e. The smallest absolute Gasteiger partial charge is 0.472 e. The summed E-state index contributed by atoms with van der Waals surface area (Å²) >= 11 is 0. The van der Waals surface area contributed by atoms with Crippen LogP contribution in [-0.2, 0) is 29.1 Å². The lowest BCUT2D eigenvalue weighted by Crippen LogP contribution is -2.59. The van der Waals surface area contributed by atoms with Crippen molar-refractivity contribution in [1.82, 2.24) is 25.2 Å². The highest BCUT2D eigenvalue weighted by molar-refractivity contribution is 7.91. The molecule has 1 aromatic heterocycles. The van der Waals surface area contributed by atoms with Gasteiger partial charge in [-0.05, 0) is 81.4 Å². The van der Waals surface area contributed by atoms with Crippen LogP contribution in [0.4, 0.5) is 13.6 Å². The summed E-state index contributed by atoms with van der Waals surface area (Å²) in [5.74, 6) is -3.23. The van der Waals surface area contributed by atoms with E-state index in [1.165, 1.54) is 29.3 Å². The highest BCUT2D eigenvalue weighted by Gasteiger charge is 2.62. The molecular weight excluding hydrogens is 769 g/mol. The van der Waals surface area contributed by atoms with Crippen molar-refractivity contribution in [3.8, 4) is 17.4 Å². The number of allylic oxidation sites excluding steroid dienone is 1. The number of sulfonamides is 1. The molecule has 3 N–H and O–H groups in total. The summed E-state index contributed by atoms with van der Waals surface area (Å²) in [7, 11) is -3.95. The average molecular weight is 816 g/mol. The summed E-state index contributed by atoms with van der Waals surface area (Å²) in [5.41, 5.74) is -1.68. The van der Waals surface area contributed by atoms with Crippen molar-refractivity contribution in [3.05, 3.63) is 36.5 Å². The van der Waals surface area contributed by atoms with Crippen LogP contribution < -0.4 is 29.6 Å². The van der Waals surface area contributed by atoms with Crippen molar-refractivity contribution < 1.29 is 55.3 Å². The molecule has 15 nitrogen and oxygen atoms in total. The van der Waals surface area contributed by atoms with Crippen LogP contribution in [0.1, 0.15) is 78.6 Å². The fourth-order valence-electron chi connectivity index (χ4n) is 8.15. The fraction of sp³-hybridized carbons (Fsp3) is 0.615. The van der Waals surface area contributed by atoms with Crippen molar-refractivity contribution in [3.63, 3.8) is 0 Å². The minimum absolute atomic E-state index is 0.0252. The lowest BCUT2D eigenvalue weighted by atomic mass is 9.88. The molecule has 3 aliphatic heterocycles. The molecule has 6 aliphatic rings. The van der Waals surface area contributed by atoms with Crippen molar-refractivity contribution in [2.24, 2.45) is 23.2 Å². The molecule has 8 rings (SSSR count). The van der Waals surface area contributed by atoms with E-state index in [0.29, 0.717) is 31.1 Å². The molecule has 4 fully saturated rings. The molecule has 7 atom stereocenters. The van der Waals surface area contributed by atoms with Gasteiger partial charge in [0.15, 0.2) is 11.5 Å². The number of nitrogens with one attached hydrogen (secondary N) is 3. The maximum Gasteiger partial charge on any atom is 0.586 e. The van der Waals surface area contributed by atoms with Crippen LogP contribution in [0.2, 0.25) is 0 Å². The van der Waals surface area contributed by atoms with E-state index in [-0.39, 0.29) is 60.1 Å². The maximum absolute atomic E-state index is 14.8. The number of benzene rings is 1. The SMILES string of the molecule is C[C@H]1CC/C=C\[C@@H]2C[C@@]2(C(=O)NS(=O)(=O)C2CC2)NC(=O)[C@@H]2C[C@@H](Oc3nccc4c5c(ccc34)OC(F)(F)O5)CN2C(=O)C(NC(=O)OCC2(C)CC2)[C@H](C)C1. The number of amides is 4. The zero-order valence-electron chi connectivity index (χ0n) is 31.9. The summed E-state index contributed by atoms with van der Waals surface area (Å²) < 4.78 is 77.2. The number of alkyl halides is 2. The molecule has 4 amide bonds. The zero-order chi connectivity index (χ0) is 40.5. The van der Waals surface area contributed by atoms with Gasteiger partial charge >= 0.3 is 12.4 Å². The molecule has 4 heterocycles. The number of carbonyl (C=O) groups excluding carboxylic acids is 4. The van der Waals surface area contributed by atoms with Gasteiger partial charge in [-0.1, -0.05) is 32.9 Å². The predicted molar refractivity (Wildman–Crippen MR) is 198 cm³/mol. The molecular formula is C39H47F2N5O10S. The minimum atomic E-state index is -3.95. The van der Waals surface area contributed by atoms with E-state index < -0.39 is 80.9 Å². The molecule has 1 aromatic carbocycles. The Morgan fingerprint density at radius 3 is 2.58 bits per heavy atom. The van der Waals surface area contributed by atoms with E-state index >= 15 is 0 Å². The average Bonchev–Trinajstić information content (AvgIpc) is 4.10. The quantitative estimate of drug-likeness (QED) is 0.322. The van der Waals surface area contributed by atoms with E-state index in [1.807, 2.05) is 32.9 Å². The van der Waals surface area contributed by atoms with Gasteiger partial charge in [-0.2, -0.15) is 0 Å². The van der Waals surface area contributed by atoms with Gasteiger partial charge in [0, 0.05) is 34.7 Å². The lowest BCUT2D eigenvalue weighted by molar-refractivity contribution is -0.286. The Kier molecular flexibility index (Phi) is 9.79. The van der Waals surface area contributed by atoms with E-state index in [2.05, 4.69) is 25.1 Å². The number of nitrogens with zero attached hydrogens (tertiary/aromatic N) is 2. The third kappa shape index (κ3) is 8.06. The number of carbonyl (C=O) groups is 4. The van der Waals surface area contributed by atoms with E-state index in [0.717, 1.165) is 19.3 Å². The second-order valence-corrected chi connectivity index (χ2v) is 19.0. The normalized spacial score (nSPS) is 32.1. The summed E-state index contributed by atoms with van der Waals surface area (Å²) in [6, 6.07) is 1.93. The lowest BCUT2D eigenvalue weighted by Gasteiger charge is -2.32. The van der Waals surface area contributed by atoms with Crippen LogP contribution in [0.5, 0.6) is 17.4 Å². The summed E-state index contributed by atoms with van der Waals surface area (Å²) in [5, 5.41) is 5.51. The number of ether oxygens (including phenoxy) is 4. The summed E-state index contributed by atoms with van der Waals surface area (Å²) in [6.07, 6.45) is 4.32. The number of hydrogen-bond donors (Lipinski definition) is 3. The summed E-state index contributed by atoms with van der Waals surface area (Å²) in [4.78, 5) is 61.9. The monoisotopic (exact) mass is 815 g/mol. The molecule has 308 valence electrons. The topological polar surface area (TPSA) is 192 Å². The number of fused-ring (bicyclic) bond motifs is 5. The van der Waals surface area contributed by atoms with Crippen molar-refractivity contribution in [2.45, 2.75) is 114 Å². The Labute approximate surface area is 328 Å². The van der Waals surface area contributed by atoms with Gasteiger partial charge in [-0.15, -0.1) is 8.78 Å². The number of hydrogen-bond acceptors (Lipinski definition) is 11. The zero-order valence-corrected chi connectivity index (χ0v) is 32.7. The molecule has 1 unspecified atom stereocenters.